The Balaban J connectivity index is 2.80. The minimum Gasteiger partial charge on any atom is -0.467 e. The Morgan fingerprint density at radius 2 is 2.00 bits per heavy atom. The Hall–Kier alpha value is -1.85. The summed E-state index contributed by atoms with van der Waals surface area (Å²) < 4.78 is 6.27. The van der Waals surface area contributed by atoms with E-state index in [4.69, 9.17) is 4.74 Å². The third-order valence-electron chi connectivity index (χ3n) is 2.89. The van der Waals surface area contributed by atoms with Crippen LogP contribution < -0.4 is 5.32 Å². The molecule has 1 rings (SSSR count). The number of nitrogens with zero attached hydrogens (tertiary/aromatic N) is 2. The number of carbonyl (C=O) groups is 2. The lowest BCUT2D eigenvalue weighted by molar-refractivity contribution is -0.148. The lowest BCUT2D eigenvalue weighted by atomic mass is 9.86. The molecule has 1 N–H and O–H groups in total. The molecule has 19 heavy (non-hydrogen) atoms. The number of rotatable bonds is 4. The largest absolute Gasteiger partial charge is 0.467 e. The molecule has 0 aliphatic heterocycles. The van der Waals surface area contributed by atoms with Crippen LogP contribution in [0, 0.1) is 5.41 Å². The van der Waals surface area contributed by atoms with Gasteiger partial charge in [-0.05, 0) is 18.4 Å². The monoisotopic (exact) mass is 267 g/mol. The van der Waals surface area contributed by atoms with Gasteiger partial charge in [0, 0.05) is 12.4 Å². The Bertz CT molecular complexity index is 434. The molecule has 0 aliphatic carbocycles. The van der Waals surface area contributed by atoms with Gasteiger partial charge in [0.05, 0.1) is 7.11 Å². The third-order valence-corrected chi connectivity index (χ3v) is 2.89. The summed E-state index contributed by atoms with van der Waals surface area (Å²) in [6, 6.07) is 0.568. The summed E-state index contributed by atoms with van der Waals surface area (Å²) in [6.07, 6.45) is 3.31. The second kappa shape index (κ2) is 5.86. The van der Waals surface area contributed by atoms with Crippen LogP contribution in [0.1, 0.15) is 33.7 Å². The minimum absolute atomic E-state index is 0.269. The SMILES string of the molecule is COC(=O)[C@@H](NC(=O)[C@H](C)n1cccn1)C(C)(C)C. The number of amides is 1. The van der Waals surface area contributed by atoms with Gasteiger partial charge in [-0.3, -0.25) is 9.48 Å². The van der Waals surface area contributed by atoms with Crippen molar-refractivity contribution in [1.82, 2.24) is 15.1 Å². The number of hydrogen-bond acceptors (Lipinski definition) is 4. The second-order valence-electron chi connectivity index (χ2n) is 5.49. The van der Waals surface area contributed by atoms with Gasteiger partial charge in [0.15, 0.2) is 0 Å². The molecule has 106 valence electrons. The van der Waals surface area contributed by atoms with Crippen LogP contribution >= 0.6 is 0 Å². The zero-order chi connectivity index (χ0) is 14.6. The van der Waals surface area contributed by atoms with E-state index in [2.05, 4.69) is 10.4 Å². The average Bonchev–Trinajstić information content (AvgIpc) is 2.86. The summed E-state index contributed by atoms with van der Waals surface area (Å²) in [7, 11) is 1.31. The van der Waals surface area contributed by atoms with E-state index in [0.29, 0.717) is 0 Å². The Kier molecular flexibility index (Phi) is 4.69. The Morgan fingerprint density at radius 1 is 1.37 bits per heavy atom. The van der Waals surface area contributed by atoms with E-state index in [-0.39, 0.29) is 5.91 Å². The van der Waals surface area contributed by atoms with Crippen molar-refractivity contribution in [3.8, 4) is 0 Å². The highest BCUT2D eigenvalue weighted by Crippen LogP contribution is 2.21. The smallest absolute Gasteiger partial charge is 0.328 e. The van der Waals surface area contributed by atoms with E-state index in [0.717, 1.165) is 0 Å². The molecule has 0 saturated heterocycles. The van der Waals surface area contributed by atoms with E-state index in [1.165, 1.54) is 11.8 Å². The summed E-state index contributed by atoms with van der Waals surface area (Å²) >= 11 is 0. The molecular formula is C13H21N3O3. The fourth-order valence-electron chi connectivity index (χ4n) is 1.64. The van der Waals surface area contributed by atoms with Crippen LogP contribution in [0.5, 0.6) is 0 Å². The van der Waals surface area contributed by atoms with Gasteiger partial charge in [-0.2, -0.15) is 5.10 Å². The van der Waals surface area contributed by atoms with Crippen molar-refractivity contribution < 1.29 is 14.3 Å². The van der Waals surface area contributed by atoms with E-state index in [9.17, 15) is 9.59 Å². The molecule has 0 fully saturated rings. The van der Waals surface area contributed by atoms with Crippen LogP contribution in [0.4, 0.5) is 0 Å². The maximum absolute atomic E-state index is 12.1. The summed E-state index contributed by atoms with van der Waals surface area (Å²) in [6.45, 7) is 7.33. The summed E-state index contributed by atoms with van der Waals surface area (Å²) in [5.41, 5.74) is -0.424. The molecule has 0 aromatic carbocycles. The molecule has 0 unspecified atom stereocenters. The molecule has 0 spiro atoms. The molecule has 2 atom stereocenters. The lowest BCUT2D eigenvalue weighted by Gasteiger charge is -2.30. The van der Waals surface area contributed by atoms with E-state index in [1.807, 2.05) is 20.8 Å². The van der Waals surface area contributed by atoms with Crippen molar-refractivity contribution >= 4 is 11.9 Å². The first-order chi connectivity index (χ1) is 8.77. The molecule has 1 aromatic rings. The van der Waals surface area contributed by atoms with Crippen molar-refractivity contribution in [2.75, 3.05) is 7.11 Å². The highest BCUT2D eigenvalue weighted by molar-refractivity contribution is 5.86. The van der Waals surface area contributed by atoms with Crippen molar-refractivity contribution in [3.05, 3.63) is 18.5 Å². The normalized spacial score (nSPS) is 14.6. The molecule has 1 heterocycles. The first kappa shape index (κ1) is 15.2. The van der Waals surface area contributed by atoms with Crippen LogP contribution in [0.2, 0.25) is 0 Å². The summed E-state index contributed by atoms with van der Waals surface area (Å²) in [5.74, 6) is -0.720. The molecule has 6 heteroatoms. The summed E-state index contributed by atoms with van der Waals surface area (Å²) in [4.78, 5) is 23.9. The van der Waals surface area contributed by atoms with Crippen molar-refractivity contribution in [3.63, 3.8) is 0 Å². The fourth-order valence-corrected chi connectivity index (χ4v) is 1.64. The predicted molar refractivity (Wildman–Crippen MR) is 70.3 cm³/mol. The second-order valence-corrected chi connectivity index (χ2v) is 5.49. The van der Waals surface area contributed by atoms with Gasteiger partial charge >= 0.3 is 5.97 Å². The van der Waals surface area contributed by atoms with Crippen molar-refractivity contribution in [2.24, 2.45) is 5.41 Å². The van der Waals surface area contributed by atoms with E-state index in [1.54, 1.807) is 25.4 Å². The molecule has 0 aliphatic rings. The van der Waals surface area contributed by atoms with Gasteiger partial charge in [0.1, 0.15) is 12.1 Å². The molecule has 0 saturated carbocycles. The summed E-state index contributed by atoms with van der Waals surface area (Å²) in [5, 5.41) is 6.73. The van der Waals surface area contributed by atoms with Crippen molar-refractivity contribution in [2.45, 2.75) is 39.8 Å². The standard InChI is InChI=1S/C13H21N3O3/c1-9(16-8-6-7-14-16)11(17)15-10(12(18)19-5)13(2,3)4/h6-10H,1-5H3,(H,15,17)/t9-,10+/m0/s1. The fraction of sp³-hybridized carbons (Fsp3) is 0.615. The number of methoxy groups -OCH3 is 1. The Morgan fingerprint density at radius 3 is 2.42 bits per heavy atom. The lowest BCUT2D eigenvalue weighted by Crippen LogP contribution is -2.51. The number of hydrogen-bond donors (Lipinski definition) is 1. The van der Waals surface area contributed by atoms with Crippen LogP contribution in [0.25, 0.3) is 0 Å². The van der Waals surface area contributed by atoms with Gasteiger partial charge in [0.2, 0.25) is 5.91 Å². The topological polar surface area (TPSA) is 73.2 Å². The highest BCUT2D eigenvalue weighted by atomic mass is 16.5. The first-order valence-corrected chi connectivity index (χ1v) is 6.14. The average molecular weight is 267 g/mol. The third kappa shape index (κ3) is 3.81. The maximum atomic E-state index is 12.1. The minimum atomic E-state index is -0.692. The van der Waals surface area contributed by atoms with Crippen LogP contribution in [-0.4, -0.2) is 34.8 Å². The Labute approximate surface area is 113 Å². The van der Waals surface area contributed by atoms with Gasteiger partial charge in [-0.1, -0.05) is 20.8 Å². The molecule has 1 amide bonds. The van der Waals surface area contributed by atoms with Crippen molar-refractivity contribution in [1.29, 1.82) is 0 Å². The zero-order valence-electron chi connectivity index (χ0n) is 12.0. The van der Waals surface area contributed by atoms with Crippen LogP contribution in [-0.2, 0) is 14.3 Å². The van der Waals surface area contributed by atoms with Gasteiger partial charge in [0.25, 0.3) is 0 Å². The number of ether oxygens (including phenoxy) is 1. The number of nitrogens with one attached hydrogen (secondary N) is 1. The maximum Gasteiger partial charge on any atom is 0.328 e. The molecule has 0 radical (unpaired) electrons. The first-order valence-electron chi connectivity index (χ1n) is 6.14. The molecule has 6 nitrogen and oxygen atoms in total. The molecule has 1 aromatic heterocycles. The highest BCUT2D eigenvalue weighted by Gasteiger charge is 2.34. The number of carbonyl (C=O) groups excluding carboxylic acids is 2. The van der Waals surface area contributed by atoms with E-state index < -0.39 is 23.5 Å². The number of aromatic nitrogens is 2. The van der Waals surface area contributed by atoms with Gasteiger partial charge in [-0.15, -0.1) is 0 Å². The quantitative estimate of drug-likeness (QED) is 0.830. The van der Waals surface area contributed by atoms with Gasteiger partial charge < -0.3 is 10.1 Å². The van der Waals surface area contributed by atoms with Crippen LogP contribution in [0.15, 0.2) is 18.5 Å². The zero-order valence-corrected chi connectivity index (χ0v) is 12.0. The molecule has 0 bridgehead atoms. The van der Waals surface area contributed by atoms with Gasteiger partial charge in [-0.25, -0.2) is 4.79 Å². The molecular weight excluding hydrogens is 246 g/mol. The predicted octanol–water partition coefficient (Wildman–Crippen LogP) is 1.15. The number of esters is 1. The van der Waals surface area contributed by atoms with Crippen LogP contribution in [0.3, 0.4) is 0 Å². The van der Waals surface area contributed by atoms with E-state index >= 15 is 0 Å².